The van der Waals surface area contributed by atoms with Crippen molar-refractivity contribution in [2.24, 2.45) is 10.2 Å². The number of allylic oxidation sites excluding steroid dienone is 2. The SMILES string of the molecule is CC(=O)/C(N=Nc1ccc(C)cc1Br)=C(/C)O. The van der Waals surface area contributed by atoms with Crippen LogP contribution >= 0.6 is 15.9 Å². The third-order valence-electron chi connectivity index (χ3n) is 2.04. The van der Waals surface area contributed by atoms with E-state index in [1.807, 2.05) is 19.1 Å². The number of azo groups is 1. The molecule has 0 fully saturated rings. The molecule has 0 heterocycles. The largest absolute Gasteiger partial charge is 0.510 e. The van der Waals surface area contributed by atoms with Crippen molar-refractivity contribution in [3.8, 4) is 0 Å². The lowest BCUT2D eigenvalue weighted by atomic mass is 10.2. The maximum absolute atomic E-state index is 11.2. The summed E-state index contributed by atoms with van der Waals surface area (Å²) >= 11 is 3.35. The average molecular weight is 297 g/mol. The lowest BCUT2D eigenvalue weighted by molar-refractivity contribution is -0.113. The second-order valence-electron chi connectivity index (χ2n) is 3.65. The van der Waals surface area contributed by atoms with Crippen molar-refractivity contribution >= 4 is 27.4 Å². The predicted octanol–water partition coefficient (Wildman–Crippen LogP) is 4.22. The van der Waals surface area contributed by atoms with Gasteiger partial charge in [-0.1, -0.05) is 6.07 Å². The van der Waals surface area contributed by atoms with E-state index in [0.717, 1.165) is 10.0 Å². The minimum Gasteiger partial charge on any atom is -0.510 e. The number of ketones is 1. The molecule has 0 aliphatic heterocycles. The third kappa shape index (κ3) is 3.78. The number of Topliss-reactive ketones (excluding diaryl/α,β-unsaturated/α-hetero) is 1. The van der Waals surface area contributed by atoms with Gasteiger partial charge in [-0.05, 0) is 47.5 Å². The summed E-state index contributed by atoms with van der Waals surface area (Å²) < 4.78 is 0.791. The molecule has 1 aromatic carbocycles. The molecule has 0 spiro atoms. The van der Waals surface area contributed by atoms with Crippen LogP contribution < -0.4 is 0 Å². The summed E-state index contributed by atoms with van der Waals surface area (Å²) in [6, 6.07) is 5.58. The van der Waals surface area contributed by atoms with Gasteiger partial charge in [-0.2, -0.15) is 0 Å². The van der Waals surface area contributed by atoms with Gasteiger partial charge in [0.15, 0.2) is 11.5 Å². The molecule has 17 heavy (non-hydrogen) atoms. The number of nitrogens with zero attached hydrogens (tertiary/aromatic N) is 2. The average Bonchev–Trinajstić information content (AvgIpc) is 2.20. The van der Waals surface area contributed by atoms with Gasteiger partial charge in [-0.3, -0.25) is 4.79 Å². The Bertz CT molecular complexity index is 503. The van der Waals surface area contributed by atoms with E-state index in [4.69, 9.17) is 0 Å². The van der Waals surface area contributed by atoms with Gasteiger partial charge in [0.25, 0.3) is 0 Å². The van der Waals surface area contributed by atoms with E-state index >= 15 is 0 Å². The Kier molecular flexibility index (Phi) is 4.57. The maximum atomic E-state index is 11.2. The molecule has 0 saturated carbocycles. The molecule has 1 N–H and O–H groups in total. The Morgan fingerprint density at radius 1 is 1.35 bits per heavy atom. The summed E-state index contributed by atoms with van der Waals surface area (Å²) in [6.45, 7) is 4.70. The Balaban J connectivity index is 3.05. The van der Waals surface area contributed by atoms with Gasteiger partial charge in [-0.25, -0.2) is 0 Å². The highest BCUT2D eigenvalue weighted by atomic mass is 79.9. The molecule has 0 aliphatic carbocycles. The first kappa shape index (κ1) is 13.6. The van der Waals surface area contributed by atoms with Crippen molar-refractivity contribution in [3.05, 3.63) is 39.7 Å². The van der Waals surface area contributed by atoms with E-state index in [1.54, 1.807) is 6.07 Å². The lowest BCUT2D eigenvalue weighted by Crippen LogP contribution is -1.96. The van der Waals surface area contributed by atoms with Crippen LogP contribution in [0.5, 0.6) is 0 Å². The molecule has 5 heteroatoms. The summed E-state index contributed by atoms with van der Waals surface area (Å²) in [6.07, 6.45) is 0. The number of hydrogen-bond donors (Lipinski definition) is 1. The molecule has 0 radical (unpaired) electrons. The molecule has 1 rings (SSSR count). The quantitative estimate of drug-likeness (QED) is 0.516. The lowest BCUT2D eigenvalue weighted by Gasteiger charge is -2.00. The Hall–Kier alpha value is -1.49. The van der Waals surface area contributed by atoms with Crippen molar-refractivity contribution in [3.63, 3.8) is 0 Å². The van der Waals surface area contributed by atoms with Crippen LogP contribution in [0, 0.1) is 6.92 Å². The highest BCUT2D eigenvalue weighted by molar-refractivity contribution is 9.10. The number of aliphatic hydroxyl groups excluding tert-OH is 1. The van der Waals surface area contributed by atoms with Crippen LogP contribution in [-0.2, 0) is 4.79 Å². The summed E-state index contributed by atoms with van der Waals surface area (Å²) in [7, 11) is 0. The Labute approximate surface area is 108 Å². The first-order valence-corrected chi connectivity index (χ1v) is 5.79. The molecule has 0 bridgehead atoms. The molecule has 90 valence electrons. The van der Waals surface area contributed by atoms with Crippen molar-refractivity contribution < 1.29 is 9.90 Å². The number of halogens is 1. The number of carbonyl (C=O) groups is 1. The minimum atomic E-state index is -0.322. The molecule has 0 amide bonds. The van der Waals surface area contributed by atoms with Crippen LogP contribution in [0.15, 0.2) is 44.4 Å². The van der Waals surface area contributed by atoms with Gasteiger partial charge >= 0.3 is 0 Å². The summed E-state index contributed by atoms with van der Waals surface area (Å²) in [5.41, 5.74) is 1.67. The summed E-state index contributed by atoms with van der Waals surface area (Å²) in [4.78, 5) is 11.2. The van der Waals surface area contributed by atoms with E-state index in [1.165, 1.54) is 13.8 Å². The van der Waals surface area contributed by atoms with Crippen molar-refractivity contribution in [1.82, 2.24) is 0 Å². The van der Waals surface area contributed by atoms with Crippen LogP contribution in [0.3, 0.4) is 0 Å². The van der Waals surface area contributed by atoms with Gasteiger partial charge in [0, 0.05) is 11.4 Å². The molecular formula is C12H13BrN2O2. The number of carbonyl (C=O) groups excluding carboxylic acids is 1. The Morgan fingerprint density at radius 3 is 2.47 bits per heavy atom. The maximum Gasteiger partial charge on any atom is 0.183 e. The fourth-order valence-electron chi connectivity index (χ4n) is 1.19. The van der Waals surface area contributed by atoms with Gasteiger partial charge in [-0.15, -0.1) is 10.2 Å². The fraction of sp³-hybridized carbons (Fsp3) is 0.250. The van der Waals surface area contributed by atoms with E-state index in [9.17, 15) is 9.90 Å². The van der Waals surface area contributed by atoms with Crippen molar-refractivity contribution in [1.29, 1.82) is 0 Å². The first-order chi connectivity index (χ1) is 7.91. The number of hydrogen-bond acceptors (Lipinski definition) is 4. The monoisotopic (exact) mass is 296 g/mol. The topological polar surface area (TPSA) is 62.0 Å². The smallest absolute Gasteiger partial charge is 0.183 e. The van der Waals surface area contributed by atoms with Crippen LogP contribution in [-0.4, -0.2) is 10.9 Å². The normalized spacial score (nSPS) is 12.7. The number of aryl methyl sites for hydroxylation is 1. The minimum absolute atomic E-state index is 0.0301. The zero-order valence-corrected chi connectivity index (χ0v) is 11.4. The van der Waals surface area contributed by atoms with E-state index < -0.39 is 0 Å². The molecular weight excluding hydrogens is 284 g/mol. The van der Waals surface area contributed by atoms with Gasteiger partial charge in [0.05, 0.1) is 5.69 Å². The van der Waals surface area contributed by atoms with Crippen LogP contribution in [0.2, 0.25) is 0 Å². The molecule has 0 unspecified atom stereocenters. The molecule has 0 saturated heterocycles. The van der Waals surface area contributed by atoms with E-state index in [2.05, 4.69) is 26.2 Å². The predicted molar refractivity (Wildman–Crippen MR) is 69.4 cm³/mol. The zero-order chi connectivity index (χ0) is 13.0. The molecule has 0 aliphatic rings. The van der Waals surface area contributed by atoms with Gasteiger partial charge < -0.3 is 5.11 Å². The highest BCUT2D eigenvalue weighted by Crippen LogP contribution is 2.27. The summed E-state index contributed by atoms with van der Waals surface area (Å²) in [5.74, 6) is -0.457. The number of aliphatic hydroxyl groups is 1. The van der Waals surface area contributed by atoms with Crippen molar-refractivity contribution in [2.45, 2.75) is 20.8 Å². The van der Waals surface area contributed by atoms with Crippen LogP contribution in [0.25, 0.3) is 0 Å². The van der Waals surface area contributed by atoms with Gasteiger partial charge in [0.2, 0.25) is 0 Å². The van der Waals surface area contributed by atoms with Gasteiger partial charge in [0.1, 0.15) is 5.76 Å². The molecule has 1 aromatic rings. The van der Waals surface area contributed by atoms with E-state index in [0.29, 0.717) is 5.69 Å². The van der Waals surface area contributed by atoms with E-state index in [-0.39, 0.29) is 17.2 Å². The molecule has 0 atom stereocenters. The third-order valence-corrected chi connectivity index (χ3v) is 2.67. The Morgan fingerprint density at radius 2 is 2.00 bits per heavy atom. The second-order valence-corrected chi connectivity index (χ2v) is 4.50. The first-order valence-electron chi connectivity index (χ1n) is 5.00. The molecule has 0 aromatic heterocycles. The van der Waals surface area contributed by atoms with Crippen LogP contribution in [0.1, 0.15) is 19.4 Å². The fourth-order valence-corrected chi connectivity index (χ4v) is 1.77. The summed E-state index contributed by atoms with van der Waals surface area (Å²) in [5, 5.41) is 17.0. The second kappa shape index (κ2) is 5.72. The highest BCUT2D eigenvalue weighted by Gasteiger charge is 2.07. The molecule has 4 nitrogen and oxygen atoms in total. The zero-order valence-electron chi connectivity index (χ0n) is 9.86. The van der Waals surface area contributed by atoms with Crippen molar-refractivity contribution in [2.75, 3.05) is 0 Å². The van der Waals surface area contributed by atoms with Crippen LogP contribution in [0.4, 0.5) is 5.69 Å². The standard InChI is InChI=1S/C12H13BrN2O2/c1-7-4-5-11(10(13)6-7)14-15-12(8(2)16)9(3)17/h4-6,16H,1-3H3/b12-8+,15-14?. The number of benzene rings is 1. The number of rotatable bonds is 3.